The smallest absolute Gasteiger partial charge is 0.287 e. The Kier molecular flexibility index (Phi) is 6.38. The fourth-order valence-corrected chi connectivity index (χ4v) is 3.32. The first-order valence-electron chi connectivity index (χ1n) is 8.79. The van der Waals surface area contributed by atoms with Gasteiger partial charge in [-0.1, -0.05) is 29.5 Å². The van der Waals surface area contributed by atoms with Gasteiger partial charge in [0.2, 0.25) is 0 Å². The third-order valence-corrected chi connectivity index (χ3v) is 4.93. The number of aromatic nitrogens is 2. The number of benzene rings is 2. The maximum Gasteiger partial charge on any atom is 0.287 e. The van der Waals surface area contributed by atoms with Crippen LogP contribution < -0.4 is 15.0 Å². The fourth-order valence-electron chi connectivity index (χ4n) is 2.52. The molecule has 6 nitrogen and oxygen atoms in total. The molecule has 0 bridgehead atoms. The van der Waals surface area contributed by atoms with Crippen molar-refractivity contribution in [1.29, 1.82) is 0 Å². The van der Waals surface area contributed by atoms with Gasteiger partial charge in [-0.25, -0.2) is 4.98 Å². The van der Waals surface area contributed by atoms with E-state index in [1.165, 1.54) is 23.4 Å². The molecule has 0 saturated carbocycles. The number of aryl methyl sites for hydroxylation is 1. The molecule has 28 heavy (non-hydrogen) atoms. The van der Waals surface area contributed by atoms with Crippen molar-refractivity contribution in [3.05, 3.63) is 70.8 Å². The molecular formula is C21H22N2O4S. The Morgan fingerprint density at radius 2 is 1.93 bits per heavy atom. The molecule has 1 N–H and O–H groups in total. The van der Waals surface area contributed by atoms with E-state index in [2.05, 4.69) is 4.98 Å². The van der Waals surface area contributed by atoms with Gasteiger partial charge < -0.3 is 14.6 Å². The zero-order valence-corrected chi connectivity index (χ0v) is 16.8. The lowest BCUT2D eigenvalue weighted by atomic mass is 10.2. The van der Waals surface area contributed by atoms with Gasteiger partial charge in [-0.15, -0.1) is 0 Å². The van der Waals surface area contributed by atoms with E-state index >= 15 is 0 Å². The predicted molar refractivity (Wildman–Crippen MR) is 109 cm³/mol. The highest BCUT2D eigenvalue weighted by molar-refractivity contribution is 7.99. The lowest BCUT2D eigenvalue weighted by Gasteiger charge is -2.14. The van der Waals surface area contributed by atoms with Crippen LogP contribution in [0.25, 0.3) is 5.69 Å². The molecular weight excluding hydrogens is 376 g/mol. The van der Waals surface area contributed by atoms with Crippen molar-refractivity contribution in [2.24, 2.45) is 0 Å². The molecule has 0 aliphatic heterocycles. The summed E-state index contributed by atoms with van der Waals surface area (Å²) in [7, 11) is 1.53. The lowest BCUT2D eigenvalue weighted by Crippen LogP contribution is -2.20. The van der Waals surface area contributed by atoms with E-state index in [0.29, 0.717) is 22.2 Å². The second kappa shape index (κ2) is 8.95. The van der Waals surface area contributed by atoms with Crippen LogP contribution in [0.5, 0.6) is 11.5 Å². The zero-order valence-electron chi connectivity index (χ0n) is 16.0. The zero-order chi connectivity index (χ0) is 20.1. The molecule has 3 rings (SSSR count). The molecule has 3 aromatic rings. The lowest BCUT2D eigenvalue weighted by molar-refractivity contribution is 0.120. The van der Waals surface area contributed by atoms with E-state index in [1.807, 2.05) is 31.2 Å². The highest BCUT2D eigenvalue weighted by Crippen LogP contribution is 2.30. The van der Waals surface area contributed by atoms with Gasteiger partial charge in [0.05, 0.1) is 18.9 Å². The quantitative estimate of drug-likeness (QED) is 0.657. The van der Waals surface area contributed by atoms with E-state index in [9.17, 15) is 9.90 Å². The minimum Gasteiger partial charge on any atom is -0.493 e. The molecule has 146 valence electrons. The number of aliphatic hydroxyl groups excluding tert-OH is 1. The molecule has 0 amide bonds. The molecule has 1 atom stereocenters. The van der Waals surface area contributed by atoms with Gasteiger partial charge >= 0.3 is 0 Å². The second-order valence-electron chi connectivity index (χ2n) is 6.32. The van der Waals surface area contributed by atoms with Crippen LogP contribution in [-0.2, 0) is 0 Å². The number of methoxy groups -OCH3 is 1. The first-order valence-corrected chi connectivity index (χ1v) is 9.61. The van der Waals surface area contributed by atoms with Gasteiger partial charge in [-0.2, -0.15) is 0 Å². The average Bonchev–Trinajstić information content (AvgIpc) is 2.69. The van der Waals surface area contributed by atoms with Crippen molar-refractivity contribution in [2.75, 3.05) is 13.7 Å². The number of ether oxygens (including phenoxy) is 2. The fraction of sp³-hybridized carbons (Fsp3) is 0.238. The topological polar surface area (TPSA) is 73.6 Å². The molecule has 7 heteroatoms. The van der Waals surface area contributed by atoms with Crippen LogP contribution in [0.1, 0.15) is 12.5 Å². The van der Waals surface area contributed by atoms with E-state index in [1.54, 1.807) is 37.5 Å². The second-order valence-corrected chi connectivity index (χ2v) is 7.38. The van der Waals surface area contributed by atoms with E-state index in [4.69, 9.17) is 9.47 Å². The monoisotopic (exact) mass is 398 g/mol. The van der Waals surface area contributed by atoms with E-state index < -0.39 is 6.10 Å². The van der Waals surface area contributed by atoms with Crippen LogP contribution in [0, 0.1) is 6.92 Å². The Morgan fingerprint density at radius 3 is 2.61 bits per heavy atom. The molecule has 0 fully saturated rings. The average molecular weight is 398 g/mol. The molecule has 0 radical (unpaired) electrons. The number of rotatable bonds is 7. The van der Waals surface area contributed by atoms with Crippen molar-refractivity contribution >= 4 is 11.8 Å². The van der Waals surface area contributed by atoms with Crippen LogP contribution in [-0.4, -0.2) is 34.5 Å². The van der Waals surface area contributed by atoms with E-state index in [-0.39, 0.29) is 12.2 Å². The van der Waals surface area contributed by atoms with Gasteiger partial charge in [0.1, 0.15) is 6.61 Å². The van der Waals surface area contributed by atoms with Gasteiger partial charge in [-0.05, 0) is 38.1 Å². The third-order valence-electron chi connectivity index (χ3n) is 3.95. The van der Waals surface area contributed by atoms with Crippen molar-refractivity contribution in [2.45, 2.75) is 29.9 Å². The van der Waals surface area contributed by atoms with Crippen LogP contribution >= 0.6 is 11.8 Å². The predicted octanol–water partition coefficient (Wildman–Crippen LogP) is 3.46. The van der Waals surface area contributed by atoms with Crippen LogP contribution in [0.2, 0.25) is 0 Å². The third kappa shape index (κ3) is 4.74. The molecule has 0 aliphatic carbocycles. The molecule has 0 aliphatic rings. The number of hydrogen-bond donors (Lipinski definition) is 1. The van der Waals surface area contributed by atoms with Crippen LogP contribution in [0.3, 0.4) is 0 Å². The molecule has 1 unspecified atom stereocenters. The summed E-state index contributed by atoms with van der Waals surface area (Å²) >= 11 is 1.33. The summed E-state index contributed by atoms with van der Waals surface area (Å²) in [5, 5.41) is 9.78. The highest BCUT2D eigenvalue weighted by Gasteiger charge is 2.12. The summed E-state index contributed by atoms with van der Waals surface area (Å²) < 4.78 is 12.4. The Morgan fingerprint density at radius 1 is 1.18 bits per heavy atom. The number of nitrogens with zero attached hydrogens (tertiary/aromatic N) is 2. The summed E-state index contributed by atoms with van der Waals surface area (Å²) in [6, 6.07) is 13.1. The molecule has 0 spiro atoms. The first-order chi connectivity index (χ1) is 13.5. The highest BCUT2D eigenvalue weighted by atomic mass is 32.2. The standard InChI is InChI=1S/C21H22N2O4S/c1-14-4-7-17(8-5-14)28-20-21(25)23(11-10-22-20)16-6-9-18(19(12-16)26-3)27-13-15(2)24/h4-12,15,24H,13H2,1-3H3. The summed E-state index contributed by atoms with van der Waals surface area (Å²) in [6.45, 7) is 3.82. The minimum absolute atomic E-state index is 0.155. The van der Waals surface area contributed by atoms with E-state index in [0.717, 1.165) is 10.5 Å². The number of hydrogen-bond acceptors (Lipinski definition) is 6. The summed E-state index contributed by atoms with van der Waals surface area (Å²) in [5.74, 6) is 0.984. The van der Waals surface area contributed by atoms with Crippen LogP contribution in [0.15, 0.2) is 69.6 Å². The Hall–Kier alpha value is -2.77. The van der Waals surface area contributed by atoms with Crippen LogP contribution in [0.4, 0.5) is 0 Å². The molecule has 1 aromatic heterocycles. The maximum atomic E-state index is 12.9. The van der Waals surface area contributed by atoms with Gasteiger partial charge in [0, 0.05) is 23.4 Å². The summed E-state index contributed by atoms with van der Waals surface area (Å²) in [5.41, 5.74) is 1.58. The number of aliphatic hydroxyl groups is 1. The van der Waals surface area contributed by atoms with Crippen molar-refractivity contribution in [3.8, 4) is 17.2 Å². The summed E-state index contributed by atoms with van der Waals surface area (Å²) in [6.07, 6.45) is 2.63. The largest absolute Gasteiger partial charge is 0.493 e. The van der Waals surface area contributed by atoms with Crippen molar-refractivity contribution in [1.82, 2.24) is 9.55 Å². The molecule has 2 aromatic carbocycles. The SMILES string of the molecule is COc1cc(-n2ccnc(Sc3ccc(C)cc3)c2=O)ccc1OCC(C)O. The molecule has 1 heterocycles. The normalized spacial score (nSPS) is 11.9. The molecule has 0 saturated heterocycles. The van der Waals surface area contributed by atoms with Crippen molar-refractivity contribution < 1.29 is 14.6 Å². The summed E-state index contributed by atoms with van der Waals surface area (Å²) in [4.78, 5) is 18.1. The Labute approximate surface area is 167 Å². The maximum absolute atomic E-state index is 12.9. The van der Waals surface area contributed by atoms with Gasteiger partial charge in [0.25, 0.3) is 5.56 Å². The minimum atomic E-state index is -0.589. The Bertz CT molecular complexity index is 1000. The van der Waals surface area contributed by atoms with Gasteiger partial charge in [-0.3, -0.25) is 9.36 Å². The Balaban J connectivity index is 1.91. The van der Waals surface area contributed by atoms with Crippen molar-refractivity contribution in [3.63, 3.8) is 0 Å². The first kappa shape index (κ1) is 20.0. The van der Waals surface area contributed by atoms with Gasteiger partial charge in [0.15, 0.2) is 16.5 Å².